The Morgan fingerprint density at radius 2 is 1.43 bits per heavy atom. The van der Waals surface area contributed by atoms with E-state index in [-0.39, 0.29) is 12.2 Å². The molecule has 1 fully saturated rings. The van der Waals surface area contributed by atoms with Crippen molar-refractivity contribution in [3.8, 4) is 0 Å². The van der Waals surface area contributed by atoms with Gasteiger partial charge in [0.1, 0.15) is 11.2 Å². The van der Waals surface area contributed by atoms with Crippen molar-refractivity contribution in [2.75, 3.05) is 31.1 Å². The summed E-state index contributed by atoms with van der Waals surface area (Å²) in [7, 11) is 0. The number of piperazine rings is 1. The minimum Gasteiger partial charge on any atom is -0.444 e. The fourth-order valence-electron chi connectivity index (χ4n) is 3.63. The molecule has 0 radical (unpaired) electrons. The molecule has 164 valence electrons. The van der Waals surface area contributed by atoms with Gasteiger partial charge in [0.2, 0.25) is 0 Å². The van der Waals surface area contributed by atoms with Crippen LogP contribution in [0.15, 0.2) is 24.3 Å². The summed E-state index contributed by atoms with van der Waals surface area (Å²) in [5.74, 6) is 0. The molecule has 7 nitrogen and oxygen atoms in total. The fourth-order valence-corrected chi connectivity index (χ4v) is 3.63. The Kier molecular flexibility index (Phi) is 5.76. The van der Waals surface area contributed by atoms with Crippen LogP contribution in [0.1, 0.15) is 47.2 Å². The van der Waals surface area contributed by atoms with Gasteiger partial charge in [-0.1, -0.05) is 12.1 Å². The van der Waals surface area contributed by atoms with E-state index in [1.165, 1.54) is 0 Å². The van der Waals surface area contributed by atoms with Crippen molar-refractivity contribution in [3.63, 3.8) is 0 Å². The third kappa shape index (κ3) is 4.89. The normalized spacial score (nSPS) is 15.4. The molecular formula is C23H33N3O4. The number of hydrogen-bond donors (Lipinski definition) is 0. The van der Waals surface area contributed by atoms with Gasteiger partial charge in [-0.05, 0) is 60.6 Å². The first-order valence-electron chi connectivity index (χ1n) is 10.4. The van der Waals surface area contributed by atoms with Crippen molar-refractivity contribution >= 4 is 28.8 Å². The number of carbonyl (C=O) groups is 2. The Balaban J connectivity index is 1.86. The second-order valence-corrected chi connectivity index (χ2v) is 9.77. The van der Waals surface area contributed by atoms with Crippen LogP contribution >= 0.6 is 0 Å². The van der Waals surface area contributed by atoms with Gasteiger partial charge < -0.3 is 19.3 Å². The van der Waals surface area contributed by atoms with Gasteiger partial charge in [0, 0.05) is 37.3 Å². The smallest absolute Gasteiger partial charge is 0.419 e. The summed E-state index contributed by atoms with van der Waals surface area (Å²) in [6.45, 7) is 15.6. The number of anilines is 1. The molecular weight excluding hydrogens is 382 g/mol. The van der Waals surface area contributed by atoms with E-state index in [4.69, 9.17) is 9.47 Å². The quantitative estimate of drug-likeness (QED) is 0.670. The molecule has 0 aliphatic carbocycles. The predicted molar refractivity (Wildman–Crippen MR) is 118 cm³/mol. The Labute approximate surface area is 178 Å². The predicted octanol–water partition coefficient (Wildman–Crippen LogP) is 4.79. The summed E-state index contributed by atoms with van der Waals surface area (Å²) in [6, 6.07) is 8.02. The summed E-state index contributed by atoms with van der Waals surface area (Å²) >= 11 is 0. The first kappa shape index (κ1) is 22.0. The number of ether oxygens (including phenoxy) is 2. The molecule has 1 aromatic carbocycles. The molecule has 1 aromatic heterocycles. The van der Waals surface area contributed by atoms with Crippen molar-refractivity contribution in [3.05, 3.63) is 30.0 Å². The molecule has 3 rings (SSSR count). The molecule has 0 bridgehead atoms. The summed E-state index contributed by atoms with van der Waals surface area (Å²) in [5.41, 5.74) is 1.56. The van der Waals surface area contributed by atoms with Crippen molar-refractivity contribution in [1.29, 1.82) is 0 Å². The molecule has 2 heterocycles. The van der Waals surface area contributed by atoms with Gasteiger partial charge in [0.05, 0.1) is 11.2 Å². The van der Waals surface area contributed by atoms with E-state index < -0.39 is 11.2 Å². The number of amides is 1. The number of rotatable bonds is 1. The monoisotopic (exact) mass is 415 g/mol. The fraction of sp³-hybridized carbons (Fsp3) is 0.565. The molecule has 0 unspecified atom stereocenters. The van der Waals surface area contributed by atoms with Crippen molar-refractivity contribution in [2.45, 2.75) is 59.7 Å². The molecule has 0 saturated carbocycles. The van der Waals surface area contributed by atoms with E-state index in [1.807, 2.05) is 72.7 Å². The average molecular weight is 416 g/mol. The molecule has 0 spiro atoms. The Morgan fingerprint density at radius 3 is 2.00 bits per heavy atom. The molecule has 0 N–H and O–H groups in total. The second kappa shape index (κ2) is 7.85. The summed E-state index contributed by atoms with van der Waals surface area (Å²) in [4.78, 5) is 29.2. The summed E-state index contributed by atoms with van der Waals surface area (Å²) in [6.07, 6.45) is -0.664. The molecule has 30 heavy (non-hydrogen) atoms. The lowest BCUT2D eigenvalue weighted by Crippen LogP contribution is -2.50. The number of fused-ring (bicyclic) bond motifs is 1. The number of nitrogens with zero attached hydrogens (tertiary/aromatic N) is 3. The highest BCUT2D eigenvalue weighted by Gasteiger charge is 2.28. The van der Waals surface area contributed by atoms with Gasteiger partial charge in [0.15, 0.2) is 0 Å². The summed E-state index contributed by atoms with van der Waals surface area (Å²) < 4.78 is 12.8. The average Bonchev–Trinajstić information content (AvgIpc) is 2.94. The maximum Gasteiger partial charge on any atom is 0.419 e. The maximum absolute atomic E-state index is 12.9. The van der Waals surface area contributed by atoms with Gasteiger partial charge in [-0.2, -0.15) is 0 Å². The van der Waals surface area contributed by atoms with E-state index in [2.05, 4.69) is 4.90 Å². The third-order valence-electron chi connectivity index (χ3n) is 4.83. The first-order chi connectivity index (χ1) is 13.9. The SMILES string of the molecule is Cc1cc2cccc(N3CCN(C(=O)OC(C)(C)C)CC3)c2n1C(=O)OC(C)(C)C. The maximum atomic E-state index is 12.9. The van der Waals surface area contributed by atoms with Gasteiger partial charge in [-0.25, -0.2) is 14.2 Å². The van der Waals surface area contributed by atoms with Crippen LogP contribution in [0.4, 0.5) is 15.3 Å². The highest BCUT2D eigenvalue weighted by atomic mass is 16.6. The van der Waals surface area contributed by atoms with Crippen LogP contribution in [-0.2, 0) is 9.47 Å². The Hall–Kier alpha value is -2.70. The van der Waals surface area contributed by atoms with Crippen LogP contribution in [-0.4, -0.2) is 59.0 Å². The highest BCUT2D eigenvalue weighted by Crippen LogP contribution is 2.31. The standard InChI is InChI=1S/C23H33N3O4/c1-16-15-17-9-8-10-18(19(17)26(16)21(28)30-23(5,6)7)24-11-13-25(14-12-24)20(27)29-22(2,3)4/h8-10,15H,11-14H2,1-7H3. The first-order valence-corrected chi connectivity index (χ1v) is 10.4. The van der Waals surface area contributed by atoms with Crippen LogP contribution in [0.5, 0.6) is 0 Å². The molecule has 7 heteroatoms. The zero-order valence-corrected chi connectivity index (χ0v) is 19.1. The number of hydrogen-bond acceptors (Lipinski definition) is 5. The lowest BCUT2D eigenvalue weighted by molar-refractivity contribution is 0.0240. The van der Waals surface area contributed by atoms with Crippen molar-refractivity contribution < 1.29 is 19.1 Å². The summed E-state index contributed by atoms with van der Waals surface area (Å²) in [5, 5.41) is 0.991. The topological polar surface area (TPSA) is 64.0 Å². The number of aryl methyl sites for hydroxylation is 1. The molecule has 1 aliphatic heterocycles. The third-order valence-corrected chi connectivity index (χ3v) is 4.83. The lowest BCUT2D eigenvalue weighted by atomic mass is 10.2. The van der Waals surface area contributed by atoms with Crippen LogP contribution < -0.4 is 4.90 Å². The van der Waals surface area contributed by atoms with Crippen LogP contribution in [0.25, 0.3) is 10.9 Å². The zero-order valence-electron chi connectivity index (χ0n) is 19.1. The number of carbonyl (C=O) groups excluding carboxylic acids is 2. The number of benzene rings is 1. The van der Waals surface area contributed by atoms with E-state index in [0.29, 0.717) is 26.2 Å². The second-order valence-electron chi connectivity index (χ2n) is 9.77. The van der Waals surface area contributed by atoms with Gasteiger partial charge in [0.25, 0.3) is 0 Å². The van der Waals surface area contributed by atoms with E-state index in [0.717, 1.165) is 22.3 Å². The minimum atomic E-state index is -0.575. The lowest BCUT2D eigenvalue weighted by Gasteiger charge is -2.37. The highest BCUT2D eigenvalue weighted by molar-refractivity contribution is 5.99. The van der Waals surface area contributed by atoms with Gasteiger partial charge in [-0.3, -0.25) is 0 Å². The molecule has 1 saturated heterocycles. The van der Waals surface area contributed by atoms with Gasteiger partial charge in [-0.15, -0.1) is 0 Å². The van der Waals surface area contributed by atoms with Crippen molar-refractivity contribution in [2.24, 2.45) is 0 Å². The molecule has 0 atom stereocenters. The van der Waals surface area contributed by atoms with E-state index >= 15 is 0 Å². The van der Waals surface area contributed by atoms with Crippen molar-refractivity contribution in [1.82, 2.24) is 9.47 Å². The van der Waals surface area contributed by atoms with Crippen LogP contribution in [0.3, 0.4) is 0 Å². The number of aromatic nitrogens is 1. The molecule has 1 aliphatic rings. The van der Waals surface area contributed by atoms with E-state index in [1.54, 1.807) is 9.47 Å². The van der Waals surface area contributed by atoms with E-state index in [9.17, 15) is 9.59 Å². The minimum absolute atomic E-state index is 0.284. The number of para-hydroxylation sites is 1. The zero-order chi connectivity index (χ0) is 22.3. The molecule has 1 amide bonds. The van der Waals surface area contributed by atoms with Crippen LogP contribution in [0, 0.1) is 6.92 Å². The largest absolute Gasteiger partial charge is 0.444 e. The Bertz CT molecular complexity index is 942. The van der Waals surface area contributed by atoms with Gasteiger partial charge >= 0.3 is 12.2 Å². The molecule has 2 aromatic rings. The Morgan fingerprint density at radius 1 is 0.867 bits per heavy atom. The van der Waals surface area contributed by atoms with Crippen LogP contribution in [0.2, 0.25) is 0 Å².